The number of nitrogens with one attached hydrogen (secondary N) is 1. The van der Waals surface area contributed by atoms with Gasteiger partial charge in [-0.15, -0.1) is 0 Å². The number of carbonyl (C=O) groups excluding carboxylic acids is 1. The minimum Gasteiger partial charge on any atom is -0.326 e. The number of carbonyl (C=O) groups is 1. The molecule has 2 rings (SSSR count). The molecule has 0 aromatic carbocycles. The number of fused-ring (bicyclic) bond motifs is 1. The molecule has 0 aliphatic carbocycles. The minimum absolute atomic E-state index is 0.161. The Balaban J connectivity index is 2.91. The van der Waals surface area contributed by atoms with Crippen LogP contribution in [0.1, 0.15) is 17.5 Å². The Bertz CT molecular complexity index is 523. The maximum atomic E-state index is 11.2. The fourth-order valence-corrected chi connectivity index (χ4v) is 1.20. The summed E-state index contributed by atoms with van der Waals surface area (Å²) in [6.07, 6.45) is 4.46. The van der Waals surface area contributed by atoms with Gasteiger partial charge in [-0.1, -0.05) is 0 Å². The minimum atomic E-state index is -0.248. The van der Waals surface area contributed by atoms with E-state index in [1.54, 1.807) is 6.20 Å². The summed E-state index contributed by atoms with van der Waals surface area (Å²) >= 11 is 0. The van der Waals surface area contributed by atoms with Crippen LogP contribution < -0.4 is 5.56 Å². The van der Waals surface area contributed by atoms with Gasteiger partial charge in [0.05, 0.1) is 6.20 Å². The lowest BCUT2D eigenvalue weighted by Gasteiger charge is -1.94. The molecule has 0 aliphatic rings. The summed E-state index contributed by atoms with van der Waals surface area (Å²) in [6, 6.07) is 0. The van der Waals surface area contributed by atoms with Gasteiger partial charge in [0.15, 0.2) is 11.6 Å². The number of rotatable bonds is 1. The molecule has 5 nitrogen and oxygen atoms in total. The lowest BCUT2D eigenvalue weighted by atomic mass is 10.4. The summed E-state index contributed by atoms with van der Waals surface area (Å²) < 4.78 is 1.47. The van der Waals surface area contributed by atoms with Crippen molar-refractivity contribution in [3.63, 3.8) is 0 Å². The van der Waals surface area contributed by atoms with Gasteiger partial charge in [0.2, 0.25) is 0 Å². The van der Waals surface area contributed by atoms with Crippen molar-refractivity contribution in [1.82, 2.24) is 14.4 Å². The van der Waals surface area contributed by atoms with Gasteiger partial charge in [0.25, 0.3) is 5.56 Å². The van der Waals surface area contributed by atoms with E-state index >= 15 is 0 Å². The summed E-state index contributed by atoms with van der Waals surface area (Å²) in [5.41, 5.74) is 0.134. The first-order valence-corrected chi connectivity index (χ1v) is 3.76. The zero-order valence-corrected chi connectivity index (χ0v) is 6.94. The van der Waals surface area contributed by atoms with Gasteiger partial charge in [-0.25, -0.2) is 4.98 Å². The maximum Gasteiger partial charge on any atom is 0.273 e. The van der Waals surface area contributed by atoms with Crippen molar-refractivity contribution < 1.29 is 4.79 Å². The third kappa shape index (κ3) is 1.05. The molecule has 0 bridgehead atoms. The van der Waals surface area contributed by atoms with Crippen LogP contribution in [0.3, 0.4) is 0 Å². The average molecular weight is 177 g/mol. The van der Waals surface area contributed by atoms with Crippen molar-refractivity contribution in [2.24, 2.45) is 0 Å². The summed E-state index contributed by atoms with van der Waals surface area (Å²) in [5.74, 6) is 0.117. The number of nitrogens with zero attached hydrogens (tertiary/aromatic N) is 2. The Morgan fingerprint density at radius 2 is 2.38 bits per heavy atom. The van der Waals surface area contributed by atoms with Crippen LogP contribution in [0.15, 0.2) is 23.4 Å². The van der Waals surface area contributed by atoms with Crippen molar-refractivity contribution in [2.45, 2.75) is 6.92 Å². The summed E-state index contributed by atoms with van der Waals surface area (Å²) in [4.78, 5) is 28.6. The van der Waals surface area contributed by atoms with E-state index in [2.05, 4.69) is 9.97 Å². The van der Waals surface area contributed by atoms with Crippen LogP contribution in [-0.4, -0.2) is 20.2 Å². The number of aromatic nitrogens is 3. The Morgan fingerprint density at radius 1 is 1.62 bits per heavy atom. The molecule has 0 atom stereocenters. The van der Waals surface area contributed by atoms with Crippen LogP contribution in [0.25, 0.3) is 5.52 Å². The molecular formula is C8H7N3O2. The predicted molar refractivity (Wildman–Crippen MR) is 45.8 cm³/mol. The van der Waals surface area contributed by atoms with Gasteiger partial charge in [0.1, 0.15) is 5.52 Å². The molecule has 5 heteroatoms. The number of aromatic amines is 1. The van der Waals surface area contributed by atoms with E-state index in [0.717, 1.165) is 0 Å². The molecule has 0 fully saturated rings. The number of imidazole rings is 1. The summed E-state index contributed by atoms with van der Waals surface area (Å²) in [5, 5.41) is 0. The normalized spacial score (nSPS) is 10.5. The van der Waals surface area contributed by atoms with Crippen molar-refractivity contribution in [1.29, 1.82) is 0 Å². The number of hydrogen-bond acceptors (Lipinski definition) is 3. The smallest absolute Gasteiger partial charge is 0.273 e. The van der Waals surface area contributed by atoms with Crippen molar-refractivity contribution in [2.75, 3.05) is 0 Å². The molecule has 0 amide bonds. The lowest BCUT2D eigenvalue weighted by molar-refractivity contribution is 0.100. The second-order valence-corrected chi connectivity index (χ2v) is 2.68. The van der Waals surface area contributed by atoms with Gasteiger partial charge >= 0.3 is 0 Å². The van der Waals surface area contributed by atoms with Gasteiger partial charge in [0, 0.05) is 19.3 Å². The lowest BCUT2D eigenvalue weighted by Crippen LogP contribution is -2.09. The molecule has 0 unspecified atom stereocenters. The van der Waals surface area contributed by atoms with E-state index in [9.17, 15) is 9.59 Å². The zero-order valence-electron chi connectivity index (χ0n) is 6.94. The van der Waals surface area contributed by atoms with E-state index in [1.807, 2.05) is 0 Å². The number of hydrogen-bond donors (Lipinski definition) is 1. The van der Waals surface area contributed by atoms with E-state index in [4.69, 9.17) is 0 Å². The van der Waals surface area contributed by atoms with Crippen LogP contribution in [-0.2, 0) is 0 Å². The zero-order chi connectivity index (χ0) is 9.42. The first-order chi connectivity index (χ1) is 6.20. The van der Waals surface area contributed by atoms with Crippen LogP contribution in [0.2, 0.25) is 0 Å². The quantitative estimate of drug-likeness (QED) is 0.634. The molecule has 66 valence electrons. The van der Waals surface area contributed by atoms with E-state index in [1.165, 1.54) is 23.7 Å². The SMILES string of the molecule is CC(=O)c1ncc2c(=O)[nH]ccn12. The molecule has 0 radical (unpaired) electrons. The standard InChI is InChI=1S/C8H7N3O2/c1-5(12)7-10-4-6-8(13)9-2-3-11(6)7/h2-4H,1H3,(H,9,13). The fourth-order valence-electron chi connectivity index (χ4n) is 1.20. The van der Waals surface area contributed by atoms with Gasteiger partial charge in [-0.2, -0.15) is 0 Å². The van der Waals surface area contributed by atoms with Crippen LogP contribution >= 0.6 is 0 Å². The molecule has 1 N–H and O–H groups in total. The average Bonchev–Trinajstić information content (AvgIpc) is 2.48. The highest BCUT2D eigenvalue weighted by molar-refractivity contribution is 5.91. The molecule has 2 aromatic rings. The molecular weight excluding hydrogens is 170 g/mol. The molecule has 2 heterocycles. The largest absolute Gasteiger partial charge is 0.326 e. The van der Waals surface area contributed by atoms with Gasteiger partial charge in [-0.3, -0.25) is 14.0 Å². The van der Waals surface area contributed by atoms with Crippen molar-refractivity contribution in [3.05, 3.63) is 34.8 Å². The Labute approximate surface area is 73.0 Å². The topological polar surface area (TPSA) is 67.2 Å². The monoisotopic (exact) mass is 177 g/mol. The number of Topliss-reactive ketones (excluding diaryl/α,β-unsaturated/α-hetero) is 1. The molecule has 0 aliphatic heterocycles. The van der Waals surface area contributed by atoms with Crippen molar-refractivity contribution in [3.8, 4) is 0 Å². The molecule has 2 aromatic heterocycles. The van der Waals surface area contributed by atoms with Crippen molar-refractivity contribution >= 4 is 11.3 Å². The fraction of sp³-hybridized carbons (Fsp3) is 0.125. The third-order valence-electron chi connectivity index (χ3n) is 1.78. The highest BCUT2D eigenvalue weighted by Crippen LogP contribution is 2.00. The van der Waals surface area contributed by atoms with Gasteiger partial charge in [-0.05, 0) is 0 Å². The van der Waals surface area contributed by atoms with E-state index in [-0.39, 0.29) is 17.2 Å². The molecule has 0 spiro atoms. The van der Waals surface area contributed by atoms with E-state index < -0.39 is 0 Å². The highest BCUT2D eigenvalue weighted by atomic mass is 16.1. The second-order valence-electron chi connectivity index (χ2n) is 2.68. The van der Waals surface area contributed by atoms with E-state index in [0.29, 0.717) is 5.52 Å². The van der Waals surface area contributed by atoms with Crippen LogP contribution in [0.5, 0.6) is 0 Å². The third-order valence-corrected chi connectivity index (χ3v) is 1.78. The van der Waals surface area contributed by atoms with Gasteiger partial charge < -0.3 is 4.98 Å². The van der Waals surface area contributed by atoms with Crippen LogP contribution in [0, 0.1) is 0 Å². The molecule has 0 saturated carbocycles. The Morgan fingerprint density at radius 3 is 3.08 bits per heavy atom. The highest BCUT2D eigenvalue weighted by Gasteiger charge is 2.08. The summed E-state index contributed by atoms with van der Waals surface area (Å²) in [7, 11) is 0. The maximum absolute atomic E-state index is 11.2. The number of ketones is 1. The second kappa shape index (κ2) is 2.55. The predicted octanol–water partition coefficient (Wildman–Crippen LogP) is 0.225. The Hall–Kier alpha value is -1.91. The first-order valence-electron chi connectivity index (χ1n) is 3.76. The molecule has 0 saturated heterocycles. The molecule has 13 heavy (non-hydrogen) atoms. The first kappa shape index (κ1) is 7.72. The number of H-pyrrole nitrogens is 1. The summed E-state index contributed by atoms with van der Waals surface area (Å²) in [6.45, 7) is 1.41. The Kier molecular flexibility index (Phi) is 1.51. The van der Waals surface area contributed by atoms with Crippen LogP contribution in [0.4, 0.5) is 0 Å².